The molecule has 1 aromatic heterocycles. The average molecular weight is 433 g/mol. The Morgan fingerprint density at radius 1 is 1.57 bits per heavy atom. The number of anilines is 1. The Kier molecular flexibility index (Phi) is 6.28. The van der Waals surface area contributed by atoms with Crippen LogP contribution in [-0.4, -0.2) is 69.3 Å². The van der Waals surface area contributed by atoms with Gasteiger partial charge in [-0.05, 0) is 6.42 Å². The van der Waals surface area contributed by atoms with Crippen molar-refractivity contribution < 1.29 is 24.3 Å². The minimum Gasteiger partial charge on any atom is -0.476 e. The molecule has 0 aliphatic carbocycles. The molecule has 2 aliphatic rings. The standard InChI is InChI=1S/C17H19N7O5S/c1-2-3-4-29-22-12(11-8-30-17(19)21-11)14(25)20-10-7-23-6-9(5-18)13(16(27)28)24(23)15(10)26/h8,10H,2-4,6-7H2,1H3,(H2,19,21)(H,20,25)(H,27,28)/b22-12+/t10-/m0/s1. The maximum absolute atomic E-state index is 12.8. The number of carboxylic acids is 1. The third-order valence-electron chi connectivity index (χ3n) is 4.39. The van der Waals surface area contributed by atoms with E-state index in [1.807, 2.05) is 6.92 Å². The molecule has 3 rings (SSSR count). The molecular weight excluding hydrogens is 414 g/mol. The number of hydrogen-bond donors (Lipinski definition) is 3. The highest BCUT2D eigenvalue weighted by Gasteiger charge is 2.48. The zero-order valence-electron chi connectivity index (χ0n) is 16.0. The molecule has 0 unspecified atom stereocenters. The lowest BCUT2D eigenvalue weighted by Gasteiger charge is -2.18. The van der Waals surface area contributed by atoms with Crippen molar-refractivity contribution in [3.63, 3.8) is 0 Å². The fourth-order valence-electron chi connectivity index (χ4n) is 2.99. The van der Waals surface area contributed by atoms with Gasteiger partial charge in [0.05, 0.1) is 18.2 Å². The molecular formula is C17H19N7O5S. The fraction of sp³-hybridized carbons (Fsp3) is 0.412. The molecule has 1 saturated heterocycles. The van der Waals surface area contributed by atoms with E-state index in [4.69, 9.17) is 15.8 Å². The number of thiazole rings is 1. The minimum absolute atomic E-state index is 0.00963. The third kappa shape index (κ3) is 4.09. The number of carbonyl (C=O) groups is 3. The summed E-state index contributed by atoms with van der Waals surface area (Å²) >= 11 is 1.12. The first-order valence-electron chi connectivity index (χ1n) is 9.04. The van der Waals surface area contributed by atoms with E-state index in [-0.39, 0.29) is 35.2 Å². The monoisotopic (exact) mass is 433 g/mol. The summed E-state index contributed by atoms with van der Waals surface area (Å²) < 4.78 is 0. The normalized spacial score (nSPS) is 19.1. The summed E-state index contributed by atoms with van der Waals surface area (Å²) in [6.45, 7) is 2.27. The SMILES string of the molecule is CCCCO/N=C(/C(=O)N[C@H]1CN2CC(C#N)=C(C(=O)O)N2C1=O)c1csc(N)n1. The van der Waals surface area contributed by atoms with Crippen LogP contribution < -0.4 is 11.1 Å². The predicted octanol–water partition coefficient (Wildman–Crippen LogP) is -0.334. The van der Waals surface area contributed by atoms with Gasteiger partial charge in [0, 0.05) is 11.9 Å². The Labute approximate surface area is 175 Å². The number of aliphatic carboxylic acids is 1. The zero-order chi connectivity index (χ0) is 21.8. The van der Waals surface area contributed by atoms with Crippen molar-refractivity contribution in [2.45, 2.75) is 25.8 Å². The molecule has 158 valence electrons. The minimum atomic E-state index is -1.39. The van der Waals surface area contributed by atoms with Crippen molar-refractivity contribution in [1.82, 2.24) is 20.3 Å². The topological polar surface area (TPSA) is 174 Å². The highest BCUT2D eigenvalue weighted by atomic mass is 32.1. The first-order chi connectivity index (χ1) is 14.4. The maximum Gasteiger partial charge on any atom is 0.355 e. The molecule has 0 aromatic carbocycles. The largest absolute Gasteiger partial charge is 0.476 e. The van der Waals surface area contributed by atoms with Gasteiger partial charge in [0.1, 0.15) is 18.3 Å². The quantitative estimate of drug-likeness (QED) is 0.281. The van der Waals surface area contributed by atoms with Gasteiger partial charge in [0.25, 0.3) is 11.8 Å². The molecule has 0 spiro atoms. The van der Waals surface area contributed by atoms with Gasteiger partial charge in [-0.3, -0.25) is 9.59 Å². The molecule has 3 heterocycles. The van der Waals surface area contributed by atoms with Crippen molar-refractivity contribution in [3.8, 4) is 6.07 Å². The van der Waals surface area contributed by atoms with Crippen LogP contribution in [0.3, 0.4) is 0 Å². The van der Waals surface area contributed by atoms with Crippen LogP contribution in [0.1, 0.15) is 25.5 Å². The third-order valence-corrected chi connectivity index (χ3v) is 5.06. The van der Waals surface area contributed by atoms with Crippen molar-refractivity contribution in [1.29, 1.82) is 5.26 Å². The average Bonchev–Trinajstić information content (AvgIpc) is 3.37. The molecule has 13 heteroatoms. The van der Waals surface area contributed by atoms with Crippen LogP contribution in [0.25, 0.3) is 0 Å². The lowest BCUT2D eigenvalue weighted by molar-refractivity contribution is -0.143. The van der Waals surface area contributed by atoms with E-state index in [0.29, 0.717) is 6.61 Å². The Morgan fingerprint density at radius 3 is 2.93 bits per heavy atom. The van der Waals surface area contributed by atoms with E-state index in [0.717, 1.165) is 29.2 Å². The Bertz CT molecular complexity index is 979. The number of unbranched alkanes of at least 4 members (excludes halogenated alkanes) is 1. The van der Waals surface area contributed by atoms with E-state index in [1.54, 1.807) is 11.4 Å². The van der Waals surface area contributed by atoms with Crippen LogP contribution in [-0.2, 0) is 19.2 Å². The van der Waals surface area contributed by atoms with Crippen LogP contribution in [0.15, 0.2) is 21.8 Å². The Balaban J connectivity index is 1.77. The lowest BCUT2D eigenvalue weighted by atomic mass is 10.2. The number of hydrazine groups is 1. The van der Waals surface area contributed by atoms with Gasteiger partial charge >= 0.3 is 5.97 Å². The number of rotatable bonds is 8. The molecule has 1 fully saturated rings. The Hall–Kier alpha value is -3.50. The number of amides is 2. The van der Waals surface area contributed by atoms with Crippen molar-refractivity contribution in [3.05, 3.63) is 22.3 Å². The fourth-order valence-corrected chi connectivity index (χ4v) is 3.54. The summed E-state index contributed by atoms with van der Waals surface area (Å²) in [4.78, 5) is 46.2. The zero-order valence-corrected chi connectivity index (χ0v) is 16.8. The number of nitriles is 1. The van der Waals surface area contributed by atoms with Crippen molar-refractivity contribution >= 4 is 40.0 Å². The van der Waals surface area contributed by atoms with E-state index in [2.05, 4.69) is 15.5 Å². The molecule has 1 atom stereocenters. The van der Waals surface area contributed by atoms with Gasteiger partial charge in [0.2, 0.25) is 0 Å². The van der Waals surface area contributed by atoms with Gasteiger partial charge in [-0.15, -0.1) is 11.3 Å². The van der Waals surface area contributed by atoms with Gasteiger partial charge in [-0.1, -0.05) is 18.5 Å². The molecule has 0 bridgehead atoms. The molecule has 1 aromatic rings. The van der Waals surface area contributed by atoms with E-state index < -0.39 is 29.5 Å². The van der Waals surface area contributed by atoms with E-state index in [1.165, 1.54) is 5.01 Å². The number of carboxylic acid groups (broad SMARTS) is 1. The summed E-state index contributed by atoms with van der Waals surface area (Å²) in [5.74, 6) is -2.76. The summed E-state index contributed by atoms with van der Waals surface area (Å²) in [6, 6.07) is 0.773. The van der Waals surface area contributed by atoms with E-state index in [9.17, 15) is 19.5 Å². The van der Waals surface area contributed by atoms with Gasteiger partial charge < -0.3 is 21.0 Å². The van der Waals surface area contributed by atoms with Crippen LogP contribution in [0.2, 0.25) is 0 Å². The van der Waals surface area contributed by atoms with Gasteiger partial charge in [0.15, 0.2) is 16.5 Å². The van der Waals surface area contributed by atoms with Gasteiger partial charge in [-0.25, -0.2) is 19.8 Å². The highest BCUT2D eigenvalue weighted by molar-refractivity contribution is 7.13. The highest BCUT2D eigenvalue weighted by Crippen LogP contribution is 2.29. The van der Waals surface area contributed by atoms with Crippen LogP contribution in [0, 0.1) is 11.3 Å². The van der Waals surface area contributed by atoms with Crippen molar-refractivity contribution in [2.24, 2.45) is 5.16 Å². The predicted molar refractivity (Wildman–Crippen MR) is 105 cm³/mol. The lowest BCUT2D eigenvalue weighted by Crippen LogP contribution is -2.46. The molecule has 0 saturated carbocycles. The summed E-state index contributed by atoms with van der Waals surface area (Å²) in [7, 11) is 0. The summed E-state index contributed by atoms with van der Waals surface area (Å²) in [5, 5.41) is 29.0. The Morgan fingerprint density at radius 2 is 2.33 bits per heavy atom. The second-order valence-electron chi connectivity index (χ2n) is 6.46. The van der Waals surface area contributed by atoms with Crippen LogP contribution >= 0.6 is 11.3 Å². The number of carbonyl (C=O) groups excluding carboxylic acids is 2. The molecule has 30 heavy (non-hydrogen) atoms. The number of nitrogens with zero attached hydrogens (tertiary/aromatic N) is 5. The number of nitrogen functional groups attached to an aromatic ring is 1. The molecule has 0 radical (unpaired) electrons. The van der Waals surface area contributed by atoms with Crippen LogP contribution in [0.4, 0.5) is 5.13 Å². The number of nitrogens with two attached hydrogens (primary N) is 1. The van der Waals surface area contributed by atoms with E-state index >= 15 is 0 Å². The summed E-state index contributed by atoms with van der Waals surface area (Å²) in [5.41, 5.74) is 5.28. The van der Waals surface area contributed by atoms with Crippen molar-refractivity contribution in [2.75, 3.05) is 25.4 Å². The van der Waals surface area contributed by atoms with Gasteiger partial charge in [-0.2, -0.15) is 5.26 Å². The molecule has 12 nitrogen and oxygen atoms in total. The second kappa shape index (κ2) is 8.89. The first-order valence-corrected chi connectivity index (χ1v) is 9.92. The van der Waals surface area contributed by atoms with Crippen LogP contribution in [0.5, 0.6) is 0 Å². The number of oxime groups is 1. The smallest absolute Gasteiger partial charge is 0.355 e. The number of aromatic nitrogens is 1. The molecule has 4 N–H and O–H groups in total. The molecule has 2 aliphatic heterocycles. The maximum atomic E-state index is 12.8. The second-order valence-corrected chi connectivity index (χ2v) is 7.35. The number of fused-ring (bicyclic) bond motifs is 1. The summed E-state index contributed by atoms with van der Waals surface area (Å²) in [6.07, 6.45) is 1.63. The number of nitrogens with one attached hydrogen (secondary N) is 1. The molecule has 2 amide bonds. The first kappa shape index (κ1) is 21.2. The number of hydrogen-bond acceptors (Lipinski definition) is 10.